The fraction of sp³-hybridized carbons (Fsp3) is 0.192. The van der Waals surface area contributed by atoms with E-state index in [1.54, 1.807) is 18.5 Å². The van der Waals surface area contributed by atoms with Gasteiger partial charge in [-0.25, -0.2) is 0 Å². The van der Waals surface area contributed by atoms with Crippen molar-refractivity contribution in [3.05, 3.63) is 89.1 Å². The number of pyridine rings is 2. The molecule has 3 N–H and O–H groups in total. The van der Waals surface area contributed by atoms with Crippen LogP contribution in [0.25, 0.3) is 10.8 Å². The number of carbonyl (C=O) groups is 1. The van der Waals surface area contributed by atoms with E-state index in [4.69, 9.17) is 0 Å². The van der Waals surface area contributed by atoms with Gasteiger partial charge in [-0.05, 0) is 61.0 Å². The first-order valence-electron chi connectivity index (χ1n) is 11.2. The van der Waals surface area contributed by atoms with Gasteiger partial charge in [0.2, 0.25) is 0 Å². The molecule has 8 nitrogen and oxygen atoms in total. The average molecular weight is 455 g/mol. The van der Waals surface area contributed by atoms with Gasteiger partial charge in [-0.3, -0.25) is 14.6 Å². The van der Waals surface area contributed by atoms with Gasteiger partial charge in [0.1, 0.15) is 5.56 Å². The number of anilines is 4. The van der Waals surface area contributed by atoms with Gasteiger partial charge in [0.25, 0.3) is 11.5 Å². The maximum atomic E-state index is 13.1. The Morgan fingerprint density at radius 3 is 2.50 bits per heavy atom. The number of benzene rings is 2. The minimum Gasteiger partial charge on any atom is -0.369 e. The number of H-pyrrole nitrogens is 1. The molecule has 0 radical (unpaired) electrons. The fourth-order valence-corrected chi connectivity index (χ4v) is 4.14. The topological polar surface area (TPSA) is 93.4 Å². The number of piperazine rings is 1. The summed E-state index contributed by atoms with van der Waals surface area (Å²) < 4.78 is 0. The lowest BCUT2D eigenvalue weighted by Crippen LogP contribution is -2.44. The molecular weight excluding hydrogens is 428 g/mol. The third kappa shape index (κ3) is 4.62. The molecule has 8 heteroatoms. The molecule has 1 aliphatic heterocycles. The third-order valence-electron chi connectivity index (χ3n) is 6.10. The van der Waals surface area contributed by atoms with Gasteiger partial charge in [-0.15, -0.1) is 0 Å². The van der Waals surface area contributed by atoms with E-state index < -0.39 is 11.5 Å². The molecule has 4 aromatic rings. The molecule has 1 aliphatic rings. The van der Waals surface area contributed by atoms with Crippen LogP contribution in [-0.4, -0.2) is 54.0 Å². The smallest absolute Gasteiger partial charge is 0.263 e. The number of rotatable bonds is 5. The van der Waals surface area contributed by atoms with Crippen molar-refractivity contribution < 1.29 is 4.79 Å². The number of hydrogen-bond acceptors (Lipinski definition) is 6. The molecule has 3 heterocycles. The van der Waals surface area contributed by atoms with Gasteiger partial charge < -0.3 is 25.4 Å². The van der Waals surface area contributed by atoms with Crippen LogP contribution in [0.15, 0.2) is 78.0 Å². The Morgan fingerprint density at radius 2 is 1.71 bits per heavy atom. The van der Waals surface area contributed by atoms with Crippen LogP contribution in [0.2, 0.25) is 0 Å². The Kier molecular flexibility index (Phi) is 5.97. The molecule has 172 valence electrons. The van der Waals surface area contributed by atoms with Crippen molar-refractivity contribution in [2.24, 2.45) is 0 Å². The van der Waals surface area contributed by atoms with Crippen LogP contribution in [0.3, 0.4) is 0 Å². The van der Waals surface area contributed by atoms with E-state index >= 15 is 0 Å². The van der Waals surface area contributed by atoms with E-state index in [9.17, 15) is 9.59 Å². The van der Waals surface area contributed by atoms with Crippen molar-refractivity contribution in [3.63, 3.8) is 0 Å². The lowest BCUT2D eigenvalue weighted by Gasteiger charge is -2.34. The van der Waals surface area contributed by atoms with Crippen LogP contribution in [0.5, 0.6) is 0 Å². The largest absolute Gasteiger partial charge is 0.369 e. The van der Waals surface area contributed by atoms with E-state index in [-0.39, 0.29) is 5.56 Å². The average Bonchev–Trinajstić information content (AvgIpc) is 2.85. The minimum absolute atomic E-state index is 0.0249. The Balaban J connectivity index is 1.34. The van der Waals surface area contributed by atoms with Crippen LogP contribution < -0.4 is 21.1 Å². The lowest BCUT2D eigenvalue weighted by atomic mass is 10.1. The number of fused-ring (bicyclic) bond motifs is 1. The Hall–Kier alpha value is -4.17. The number of likely N-dealkylation sites (N-methyl/N-ethyl adjacent to an activating group) is 1. The number of aromatic nitrogens is 2. The maximum Gasteiger partial charge on any atom is 0.263 e. The summed E-state index contributed by atoms with van der Waals surface area (Å²) in [7, 11) is 2.13. The van der Waals surface area contributed by atoms with Crippen LogP contribution in [-0.2, 0) is 0 Å². The lowest BCUT2D eigenvalue weighted by molar-refractivity contribution is 0.102. The molecule has 0 saturated carbocycles. The molecule has 0 spiro atoms. The molecule has 34 heavy (non-hydrogen) atoms. The fourth-order valence-electron chi connectivity index (χ4n) is 4.14. The van der Waals surface area contributed by atoms with E-state index in [2.05, 4.69) is 37.4 Å². The Bertz CT molecular complexity index is 1370. The van der Waals surface area contributed by atoms with Gasteiger partial charge in [0, 0.05) is 67.2 Å². The van der Waals surface area contributed by atoms with Crippen molar-refractivity contribution in [3.8, 4) is 0 Å². The molecule has 1 amide bonds. The zero-order valence-corrected chi connectivity index (χ0v) is 18.9. The second kappa shape index (κ2) is 9.36. The maximum absolute atomic E-state index is 13.1. The van der Waals surface area contributed by atoms with Gasteiger partial charge in [-0.1, -0.05) is 6.07 Å². The quantitative estimate of drug-likeness (QED) is 0.426. The second-order valence-corrected chi connectivity index (χ2v) is 8.45. The number of aromatic amines is 1. The first kappa shape index (κ1) is 21.7. The van der Waals surface area contributed by atoms with Crippen LogP contribution in [0.1, 0.15) is 10.4 Å². The van der Waals surface area contributed by atoms with Gasteiger partial charge in [0.15, 0.2) is 0 Å². The number of carbonyl (C=O) groups excluding carboxylic acids is 1. The summed E-state index contributed by atoms with van der Waals surface area (Å²) in [6.45, 7) is 4.00. The van der Waals surface area contributed by atoms with Crippen LogP contribution in [0.4, 0.5) is 22.7 Å². The van der Waals surface area contributed by atoms with Crippen LogP contribution >= 0.6 is 0 Å². The summed E-state index contributed by atoms with van der Waals surface area (Å²) in [6.07, 6.45) is 5.04. The van der Waals surface area contributed by atoms with Crippen molar-refractivity contribution in [1.29, 1.82) is 0 Å². The molecule has 0 unspecified atom stereocenters. The number of hydrogen-bond donors (Lipinski definition) is 3. The molecule has 0 bridgehead atoms. The summed E-state index contributed by atoms with van der Waals surface area (Å²) in [5.41, 5.74) is 2.51. The van der Waals surface area contributed by atoms with E-state index in [1.807, 2.05) is 48.5 Å². The van der Waals surface area contributed by atoms with E-state index in [0.717, 1.165) is 48.3 Å². The normalized spacial score (nSPS) is 14.2. The summed E-state index contributed by atoms with van der Waals surface area (Å²) >= 11 is 0. The highest BCUT2D eigenvalue weighted by Crippen LogP contribution is 2.24. The third-order valence-corrected chi connectivity index (χ3v) is 6.10. The molecular formula is C26H26N6O2. The zero-order valence-electron chi connectivity index (χ0n) is 18.9. The molecule has 0 atom stereocenters. The van der Waals surface area contributed by atoms with E-state index in [1.165, 1.54) is 6.20 Å². The highest BCUT2D eigenvalue weighted by molar-refractivity contribution is 6.08. The zero-order chi connectivity index (χ0) is 23.5. The number of nitrogens with zero attached hydrogens (tertiary/aromatic N) is 3. The predicted molar refractivity (Wildman–Crippen MR) is 136 cm³/mol. The summed E-state index contributed by atoms with van der Waals surface area (Å²) in [5.74, 6) is -0.473. The molecule has 2 aromatic heterocycles. The molecule has 0 aliphatic carbocycles. The standard InChI is InChI=1S/C26H26N6O2/c1-31-12-14-32(15-13-31)22-6-4-20(5-7-22)30-26(34)24-23(9-11-28-25(24)33)29-21-3-2-18-8-10-27-17-19(18)16-21/h2-11,16-17H,12-15H2,1H3,(H,30,34)(H2,28,29,33). The first-order chi connectivity index (χ1) is 16.6. The minimum atomic E-state index is -0.473. The van der Waals surface area contributed by atoms with Crippen LogP contribution in [0, 0.1) is 0 Å². The van der Waals surface area contributed by atoms with Crippen molar-refractivity contribution in [2.75, 3.05) is 48.8 Å². The highest BCUT2D eigenvalue weighted by Gasteiger charge is 2.18. The summed E-state index contributed by atoms with van der Waals surface area (Å²) in [6, 6.07) is 17.1. The monoisotopic (exact) mass is 454 g/mol. The second-order valence-electron chi connectivity index (χ2n) is 8.45. The highest BCUT2D eigenvalue weighted by atomic mass is 16.2. The van der Waals surface area contributed by atoms with E-state index in [0.29, 0.717) is 11.4 Å². The van der Waals surface area contributed by atoms with Gasteiger partial charge in [-0.2, -0.15) is 0 Å². The Morgan fingerprint density at radius 1 is 0.941 bits per heavy atom. The first-order valence-corrected chi connectivity index (χ1v) is 11.2. The number of nitrogens with one attached hydrogen (secondary N) is 3. The van der Waals surface area contributed by atoms with Crippen molar-refractivity contribution in [1.82, 2.24) is 14.9 Å². The Labute approximate surface area is 197 Å². The summed E-state index contributed by atoms with van der Waals surface area (Å²) in [4.78, 5) is 37.1. The molecule has 1 fully saturated rings. The summed E-state index contributed by atoms with van der Waals surface area (Å²) in [5, 5.41) is 8.09. The molecule has 5 rings (SSSR count). The molecule has 2 aromatic carbocycles. The van der Waals surface area contributed by atoms with Crippen molar-refractivity contribution in [2.45, 2.75) is 0 Å². The predicted octanol–water partition coefficient (Wildman–Crippen LogP) is 3.67. The van der Waals surface area contributed by atoms with Crippen molar-refractivity contribution >= 4 is 39.4 Å². The number of amides is 1. The SMILES string of the molecule is CN1CCN(c2ccc(NC(=O)c3c(Nc4ccc5ccncc5c4)cc[nH]c3=O)cc2)CC1. The van der Waals surface area contributed by atoms with Gasteiger partial charge >= 0.3 is 0 Å². The van der Waals surface area contributed by atoms with Gasteiger partial charge in [0.05, 0.1) is 5.69 Å². The molecule has 1 saturated heterocycles.